The van der Waals surface area contributed by atoms with Gasteiger partial charge < -0.3 is 13.9 Å². The van der Waals surface area contributed by atoms with E-state index in [0.717, 1.165) is 5.69 Å². The zero-order valence-electron chi connectivity index (χ0n) is 16.0. The normalized spacial score (nSPS) is 10.6. The van der Waals surface area contributed by atoms with Crippen LogP contribution in [0, 0.1) is 10.1 Å². The molecule has 2 aromatic heterocycles. The van der Waals surface area contributed by atoms with Gasteiger partial charge in [0.25, 0.3) is 5.69 Å². The van der Waals surface area contributed by atoms with Crippen LogP contribution >= 0.6 is 11.3 Å². The van der Waals surface area contributed by atoms with Crippen molar-refractivity contribution in [2.24, 2.45) is 0 Å². The third kappa shape index (κ3) is 5.11. The Hall–Kier alpha value is -4.05. The van der Waals surface area contributed by atoms with Crippen molar-refractivity contribution in [2.75, 3.05) is 0 Å². The highest BCUT2D eigenvalue weighted by Crippen LogP contribution is 2.23. The second-order valence-electron chi connectivity index (χ2n) is 6.30. The van der Waals surface area contributed by atoms with Gasteiger partial charge in [-0.1, -0.05) is 0 Å². The number of thiazole rings is 1. The highest BCUT2D eigenvalue weighted by Gasteiger charge is 2.13. The molecular weight excluding hydrogens is 422 g/mol. The number of carbonyl (C=O) groups is 1. The number of esters is 1. The first kappa shape index (κ1) is 20.2. The van der Waals surface area contributed by atoms with Crippen LogP contribution < -0.4 is 4.74 Å². The molecule has 2 aromatic carbocycles. The molecule has 2 heterocycles. The van der Waals surface area contributed by atoms with E-state index in [4.69, 9.17) is 13.9 Å². The third-order valence-corrected chi connectivity index (χ3v) is 4.82. The minimum absolute atomic E-state index is 0.0241. The van der Waals surface area contributed by atoms with Crippen molar-refractivity contribution in [1.29, 1.82) is 0 Å². The summed E-state index contributed by atoms with van der Waals surface area (Å²) in [6, 6.07) is 12.4. The van der Waals surface area contributed by atoms with Crippen molar-refractivity contribution in [1.82, 2.24) is 9.97 Å². The summed E-state index contributed by atoms with van der Waals surface area (Å²) in [7, 11) is 0. The molecule has 9 nitrogen and oxygen atoms in total. The molecule has 4 rings (SSSR count). The van der Waals surface area contributed by atoms with Gasteiger partial charge in [-0.3, -0.25) is 10.1 Å². The lowest BCUT2D eigenvalue weighted by molar-refractivity contribution is -0.384. The van der Waals surface area contributed by atoms with Gasteiger partial charge in [-0.05, 0) is 36.4 Å². The van der Waals surface area contributed by atoms with Crippen LogP contribution in [0.15, 0.2) is 70.0 Å². The first-order valence-electron chi connectivity index (χ1n) is 9.05. The van der Waals surface area contributed by atoms with Crippen LogP contribution in [0.1, 0.15) is 21.8 Å². The highest BCUT2D eigenvalue weighted by atomic mass is 32.1. The van der Waals surface area contributed by atoms with Crippen molar-refractivity contribution < 1.29 is 23.6 Å². The fourth-order valence-electron chi connectivity index (χ4n) is 2.61. The summed E-state index contributed by atoms with van der Waals surface area (Å²) in [5, 5.41) is 12.6. The number of carbonyl (C=O) groups excluding carboxylic acids is 1. The molecule has 0 N–H and O–H groups in total. The van der Waals surface area contributed by atoms with Crippen molar-refractivity contribution in [2.45, 2.75) is 13.2 Å². The summed E-state index contributed by atoms with van der Waals surface area (Å²) in [5.41, 5.74) is 3.51. The summed E-state index contributed by atoms with van der Waals surface area (Å²) in [5.74, 6) is 0.736. The molecule has 10 heteroatoms. The number of nitrogens with zero attached hydrogens (tertiary/aromatic N) is 3. The van der Waals surface area contributed by atoms with Crippen LogP contribution in [0.3, 0.4) is 0 Å². The molecular formula is C21H15N3O6S. The molecule has 0 radical (unpaired) electrons. The van der Waals surface area contributed by atoms with E-state index in [1.54, 1.807) is 29.8 Å². The maximum Gasteiger partial charge on any atom is 0.338 e. The Kier molecular flexibility index (Phi) is 5.99. The molecule has 0 aliphatic heterocycles. The number of rotatable bonds is 8. The van der Waals surface area contributed by atoms with Gasteiger partial charge in [0.15, 0.2) is 12.4 Å². The highest BCUT2D eigenvalue weighted by molar-refractivity contribution is 7.07. The first-order valence-corrected chi connectivity index (χ1v) is 9.99. The van der Waals surface area contributed by atoms with Crippen molar-refractivity contribution in [3.63, 3.8) is 0 Å². The number of hydrogen-bond donors (Lipinski definition) is 0. The van der Waals surface area contributed by atoms with Gasteiger partial charge in [0.1, 0.15) is 12.4 Å². The monoisotopic (exact) mass is 437 g/mol. The molecule has 0 unspecified atom stereocenters. The van der Waals surface area contributed by atoms with Gasteiger partial charge in [0.2, 0.25) is 5.89 Å². The number of oxazole rings is 1. The van der Waals surface area contributed by atoms with Gasteiger partial charge in [-0.2, -0.15) is 0 Å². The predicted molar refractivity (Wildman–Crippen MR) is 111 cm³/mol. The van der Waals surface area contributed by atoms with Gasteiger partial charge in [0, 0.05) is 23.1 Å². The lowest BCUT2D eigenvalue weighted by atomic mass is 10.2. The topological polar surface area (TPSA) is 118 Å². The Labute approximate surface area is 180 Å². The second kappa shape index (κ2) is 9.18. The van der Waals surface area contributed by atoms with E-state index in [-0.39, 0.29) is 18.2 Å². The Bertz CT molecular complexity index is 1170. The number of nitro benzene ring substituents is 1. The van der Waals surface area contributed by atoms with Crippen LogP contribution in [0.4, 0.5) is 5.69 Å². The Balaban J connectivity index is 1.31. The molecule has 0 bridgehead atoms. The van der Waals surface area contributed by atoms with E-state index in [2.05, 4.69) is 9.97 Å². The largest absolute Gasteiger partial charge is 0.487 e. The zero-order chi connectivity index (χ0) is 21.6. The number of hydrogen-bond acceptors (Lipinski definition) is 9. The van der Waals surface area contributed by atoms with Gasteiger partial charge in [-0.25, -0.2) is 14.8 Å². The molecule has 0 aliphatic carbocycles. The van der Waals surface area contributed by atoms with Gasteiger partial charge >= 0.3 is 5.97 Å². The number of non-ortho nitro benzene ring substituents is 1. The standard InChI is InChI=1S/C21H15N3O6S/c25-21(15-3-7-18(8-4-15)28-10-16-12-31-13-23-16)29-11-19-9-22-20(30-19)14-1-5-17(6-2-14)24(26)27/h1-9,12-13H,10-11H2. The molecule has 0 spiro atoms. The minimum Gasteiger partial charge on any atom is -0.487 e. The second-order valence-corrected chi connectivity index (χ2v) is 7.02. The summed E-state index contributed by atoms with van der Waals surface area (Å²) in [6.45, 7) is 0.261. The zero-order valence-corrected chi connectivity index (χ0v) is 16.8. The number of benzene rings is 2. The molecule has 0 fully saturated rings. The molecule has 0 saturated heterocycles. The van der Waals surface area contributed by atoms with Crippen LogP contribution in [0.5, 0.6) is 5.75 Å². The number of ether oxygens (including phenoxy) is 2. The fourth-order valence-corrected chi connectivity index (χ4v) is 3.15. The van der Waals surface area contributed by atoms with Crippen LogP contribution in [0.2, 0.25) is 0 Å². The van der Waals surface area contributed by atoms with Crippen LogP contribution in [-0.2, 0) is 18.0 Å². The Morgan fingerprint density at radius 1 is 1.06 bits per heavy atom. The van der Waals surface area contributed by atoms with Crippen molar-refractivity contribution in [3.8, 4) is 17.2 Å². The number of aromatic nitrogens is 2. The minimum atomic E-state index is -0.515. The molecule has 0 aliphatic rings. The van der Waals surface area contributed by atoms with E-state index >= 15 is 0 Å². The lowest BCUT2D eigenvalue weighted by Crippen LogP contribution is -2.05. The Morgan fingerprint density at radius 3 is 2.52 bits per heavy atom. The van der Waals surface area contributed by atoms with Crippen molar-refractivity contribution >= 4 is 23.0 Å². The van der Waals surface area contributed by atoms with Crippen LogP contribution in [-0.4, -0.2) is 20.9 Å². The van der Waals surface area contributed by atoms with E-state index in [9.17, 15) is 14.9 Å². The summed E-state index contributed by atoms with van der Waals surface area (Å²) in [6.07, 6.45) is 1.44. The van der Waals surface area contributed by atoms with E-state index in [1.807, 2.05) is 5.38 Å². The Morgan fingerprint density at radius 2 is 1.84 bits per heavy atom. The SMILES string of the molecule is O=C(OCc1cnc(-c2ccc([N+](=O)[O-])cc2)o1)c1ccc(OCc2cscn2)cc1. The summed E-state index contributed by atoms with van der Waals surface area (Å²) >= 11 is 1.50. The fraction of sp³-hybridized carbons (Fsp3) is 0.0952. The smallest absolute Gasteiger partial charge is 0.338 e. The van der Waals surface area contributed by atoms with E-state index < -0.39 is 10.9 Å². The lowest BCUT2D eigenvalue weighted by Gasteiger charge is -2.06. The third-order valence-electron chi connectivity index (χ3n) is 4.18. The molecule has 0 atom stereocenters. The molecule has 4 aromatic rings. The summed E-state index contributed by atoms with van der Waals surface area (Å²) in [4.78, 5) is 30.8. The van der Waals surface area contributed by atoms with E-state index in [1.165, 1.54) is 41.8 Å². The molecule has 0 amide bonds. The molecule has 31 heavy (non-hydrogen) atoms. The molecule has 156 valence electrons. The maximum absolute atomic E-state index is 12.3. The predicted octanol–water partition coefficient (Wildman–Crippen LogP) is 4.64. The van der Waals surface area contributed by atoms with Gasteiger partial charge in [-0.15, -0.1) is 11.3 Å². The first-order chi connectivity index (χ1) is 15.1. The average molecular weight is 437 g/mol. The van der Waals surface area contributed by atoms with Crippen LogP contribution in [0.25, 0.3) is 11.5 Å². The van der Waals surface area contributed by atoms with E-state index in [0.29, 0.717) is 29.2 Å². The average Bonchev–Trinajstić information content (AvgIpc) is 3.49. The van der Waals surface area contributed by atoms with Crippen molar-refractivity contribution in [3.05, 3.63) is 92.8 Å². The molecule has 0 saturated carbocycles. The summed E-state index contributed by atoms with van der Waals surface area (Å²) < 4.78 is 16.4. The quantitative estimate of drug-likeness (QED) is 0.222. The maximum atomic E-state index is 12.3. The van der Waals surface area contributed by atoms with Gasteiger partial charge in [0.05, 0.1) is 27.9 Å². The number of nitro groups is 1.